The van der Waals surface area contributed by atoms with Crippen molar-refractivity contribution in [3.05, 3.63) is 66.0 Å². The second kappa shape index (κ2) is 5.29. The molecule has 0 saturated carbocycles. The first kappa shape index (κ1) is 12.6. The van der Waals surface area contributed by atoms with Crippen molar-refractivity contribution in [1.82, 2.24) is 10.2 Å². The quantitative estimate of drug-likeness (QED) is 0.745. The lowest BCUT2D eigenvalue weighted by Gasteiger charge is -2.03. The molecule has 0 unspecified atom stereocenters. The molecule has 1 N–H and O–H groups in total. The largest absolute Gasteiger partial charge is 0.277 e. The van der Waals surface area contributed by atoms with E-state index in [-0.39, 0.29) is 5.82 Å². The topological polar surface area (TPSA) is 28.7 Å². The molecular weight excluding hydrogens is 251 g/mol. The van der Waals surface area contributed by atoms with E-state index in [4.69, 9.17) is 0 Å². The van der Waals surface area contributed by atoms with Crippen molar-refractivity contribution in [2.75, 3.05) is 0 Å². The van der Waals surface area contributed by atoms with Gasteiger partial charge in [0.2, 0.25) is 0 Å². The summed E-state index contributed by atoms with van der Waals surface area (Å²) in [6, 6.07) is 16.7. The molecule has 1 aromatic heterocycles. The first-order valence-corrected chi connectivity index (χ1v) is 6.67. The molecule has 0 aliphatic heterocycles. The van der Waals surface area contributed by atoms with Crippen LogP contribution in [0.2, 0.25) is 0 Å². The average molecular weight is 266 g/mol. The maximum absolute atomic E-state index is 13.3. The van der Waals surface area contributed by atoms with Crippen molar-refractivity contribution in [3.8, 4) is 22.5 Å². The Morgan fingerprint density at radius 3 is 2.70 bits per heavy atom. The zero-order valence-electron chi connectivity index (χ0n) is 11.2. The van der Waals surface area contributed by atoms with Crippen LogP contribution in [0.1, 0.15) is 12.5 Å². The van der Waals surface area contributed by atoms with Crippen molar-refractivity contribution in [2.24, 2.45) is 0 Å². The van der Waals surface area contributed by atoms with Crippen molar-refractivity contribution in [3.63, 3.8) is 0 Å². The molecule has 100 valence electrons. The molecule has 3 rings (SSSR count). The average Bonchev–Trinajstić information content (AvgIpc) is 2.97. The number of aromatic amines is 1. The van der Waals surface area contributed by atoms with Crippen LogP contribution in [0, 0.1) is 5.82 Å². The Morgan fingerprint density at radius 1 is 1.05 bits per heavy atom. The number of aryl methyl sites for hydroxylation is 1. The number of halogens is 1. The van der Waals surface area contributed by atoms with E-state index >= 15 is 0 Å². The molecule has 0 amide bonds. The lowest BCUT2D eigenvalue weighted by molar-refractivity contribution is 0.628. The van der Waals surface area contributed by atoms with Gasteiger partial charge >= 0.3 is 0 Å². The maximum atomic E-state index is 13.3. The summed E-state index contributed by atoms with van der Waals surface area (Å²) < 4.78 is 13.3. The lowest BCUT2D eigenvalue weighted by Crippen LogP contribution is -1.86. The van der Waals surface area contributed by atoms with Gasteiger partial charge in [0.05, 0.1) is 11.4 Å². The normalized spacial score (nSPS) is 10.7. The Hall–Kier alpha value is -2.42. The molecule has 0 radical (unpaired) electrons. The smallest absolute Gasteiger partial charge is 0.123 e. The molecule has 2 aromatic carbocycles. The van der Waals surface area contributed by atoms with Crippen LogP contribution in [0.5, 0.6) is 0 Å². The molecular formula is C17H15FN2. The molecule has 0 saturated heterocycles. The Balaban J connectivity index is 2.02. The monoisotopic (exact) mass is 266 g/mol. The number of aromatic nitrogens is 2. The van der Waals surface area contributed by atoms with Crippen LogP contribution in [0.25, 0.3) is 22.5 Å². The van der Waals surface area contributed by atoms with E-state index in [9.17, 15) is 4.39 Å². The summed E-state index contributed by atoms with van der Waals surface area (Å²) in [7, 11) is 0. The van der Waals surface area contributed by atoms with Crippen LogP contribution in [0.15, 0.2) is 54.6 Å². The maximum Gasteiger partial charge on any atom is 0.123 e. The fourth-order valence-electron chi connectivity index (χ4n) is 2.34. The van der Waals surface area contributed by atoms with Gasteiger partial charge in [0.15, 0.2) is 0 Å². The van der Waals surface area contributed by atoms with Gasteiger partial charge in [-0.05, 0) is 30.2 Å². The van der Waals surface area contributed by atoms with Gasteiger partial charge in [-0.3, -0.25) is 5.10 Å². The van der Waals surface area contributed by atoms with Gasteiger partial charge in [-0.15, -0.1) is 0 Å². The number of hydrogen-bond acceptors (Lipinski definition) is 1. The Kier molecular flexibility index (Phi) is 3.33. The molecule has 0 spiro atoms. The van der Waals surface area contributed by atoms with Crippen molar-refractivity contribution < 1.29 is 4.39 Å². The molecule has 0 atom stereocenters. The van der Waals surface area contributed by atoms with E-state index in [1.807, 2.05) is 24.3 Å². The van der Waals surface area contributed by atoms with E-state index in [2.05, 4.69) is 29.3 Å². The Morgan fingerprint density at radius 2 is 1.90 bits per heavy atom. The minimum atomic E-state index is -0.243. The van der Waals surface area contributed by atoms with E-state index in [0.717, 1.165) is 28.9 Å². The third-order valence-electron chi connectivity index (χ3n) is 3.39. The van der Waals surface area contributed by atoms with Crippen molar-refractivity contribution >= 4 is 0 Å². The number of hydrogen-bond donors (Lipinski definition) is 1. The van der Waals surface area contributed by atoms with Gasteiger partial charge in [-0.1, -0.05) is 43.3 Å². The molecule has 0 fully saturated rings. The summed E-state index contributed by atoms with van der Waals surface area (Å²) in [4.78, 5) is 0. The minimum absolute atomic E-state index is 0.243. The first-order chi connectivity index (χ1) is 9.78. The van der Waals surface area contributed by atoms with Crippen LogP contribution in [-0.4, -0.2) is 10.2 Å². The van der Waals surface area contributed by atoms with E-state index in [1.54, 1.807) is 6.07 Å². The summed E-state index contributed by atoms with van der Waals surface area (Å²) in [5.74, 6) is -0.243. The number of nitrogens with zero attached hydrogens (tertiary/aromatic N) is 1. The van der Waals surface area contributed by atoms with Gasteiger partial charge in [-0.2, -0.15) is 5.10 Å². The lowest BCUT2D eigenvalue weighted by atomic mass is 10.0. The third-order valence-corrected chi connectivity index (χ3v) is 3.39. The Bertz CT molecular complexity index is 731. The molecule has 20 heavy (non-hydrogen) atoms. The third kappa shape index (κ3) is 2.35. The van der Waals surface area contributed by atoms with Crippen LogP contribution >= 0.6 is 0 Å². The molecule has 3 heteroatoms. The number of nitrogens with one attached hydrogen (secondary N) is 1. The zero-order valence-corrected chi connectivity index (χ0v) is 11.2. The second-order valence-electron chi connectivity index (χ2n) is 4.69. The van der Waals surface area contributed by atoms with Crippen molar-refractivity contribution in [1.29, 1.82) is 0 Å². The number of H-pyrrole nitrogens is 1. The van der Waals surface area contributed by atoms with E-state index in [0.29, 0.717) is 0 Å². The SMILES string of the molecule is CCc1ccccc1-c1cc(-c2cccc(F)c2)[nH]n1. The van der Waals surface area contributed by atoms with Crippen LogP contribution < -0.4 is 0 Å². The fraction of sp³-hybridized carbons (Fsp3) is 0.118. The van der Waals surface area contributed by atoms with Crippen molar-refractivity contribution in [2.45, 2.75) is 13.3 Å². The number of benzene rings is 2. The summed E-state index contributed by atoms with van der Waals surface area (Å²) >= 11 is 0. The first-order valence-electron chi connectivity index (χ1n) is 6.67. The van der Waals surface area contributed by atoms with Gasteiger partial charge in [0.1, 0.15) is 5.82 Å². The van der Waals surface area contributed by atoms with E-state index < -0.39 is 0 Å². The summed E-state index contributed by atoms with van der Waals surface area (Å²) in [6.07, 6.45) is 0.957. The predicted molar refractivity (Wildman–Crippen MR) is 78.8 cm³/mol. The molecule has 0 aliphatic carbocycles. The van der Waals surface area contributed by atoms with Crippen LogP contribution in [-0.2, 0) is 6.42 Å². The molecule has 0 aliphatic rings. The van der Waals surface area contributed by atoms with Gasteiger partial charge in [0, 0.05) is 11.1 Å². The van der Waals surface area contributed by atoms with E-state index in [1.165, 1.54) is 17.7 Å². The van der Waals surface area contributed by atoms with Gasteiger partial charge in [-0.25, -0.2) is 4.39 Å². The highest BCUT2D eigenvalue weighted by atomic mass is 19.1. The van der Waals surface area contributed by atoms with Crippen LogP contribution in [0.4, 0.5) is 4.39 Å². The standard InChI is InChI=1S/C17H15FN2/c1-2-12-6-3-4-9-15(12)17-11-16(19-20-17)13-7-5-8-14(18)10-13/h3-11H,2H2,1H3,(H,19,20). The molecule has 1 heterocycles. The zero-order chi connectivity index (χ0) is 13.9. The summed E-state index contributed by atoms with van der Waals surface area (Å²) in [5, 5.41) is 7.34. The molecule has 2 nitrogen and oxygen atoms in total. The van der Waals surface area contributed by atoms with Crippen LogP contribution in [0.3, 0.4) is 0 Å². The minimum Gasteiger partial charge on any atom is -0.277 e. The predicted octanol–water partition coefficient (Wildman–Crippen LogP) is 4.45. The molecule has 3 aromatic rings. The van der Waals surface area contributed by atoms with Gasteiger partial charge < -0.3 is 0 Å². The second-order valence-corrected chi connectivity index (χ2v) is 4.69. The Labute approximate surface area is 117 Å². The highest BCUT2D eigenvalue weighted by Gasteiger charge is 2.09. The fourth-order valence-corrected chi connectivity index (χ4v) is 2.34. The highest BCUT2D eigenvalue weighted by Crippen LogP contribution is 2.26. The highest BCUT2D eigenvalue weighted by molar-refractivity contribution is 5.70. The number of rotatable bonds is 3. The van der Waals surface area contributed by atoms with Gasteiger partial charge in [0.25, 0.3) is 0 Å². The summed E-state index contributed by atoms with van der Waals surface area (Å²) in [5.41, 5.74) is 4.89. The summed E-state index contributed by atoms with van der Waals surface area (Å²) in [6.45, 7) is 2.12. The molecule has 0 bridgehead atoms.